The molecule has 0 bridgehead atoms. The Morgan fingerprint density at radius 3 is 2.65 bits per heavy atom. The first-order chi connectivity index (χ1) is 8.04. The molecule has 0 atom stereocenters. The third-order valence-electron chi connectivity index (χ3n) is 2.64. The molecule has 1 rings (SSSR count). The number of aryl methyl sites for hydroxylation is 1. The summed E-state index contributed by atoms with van der Waals surface area (Å²) in [4.78, 5) is 2.27. The highest BCUT2D eigenvalue weighted by Gasteiger charge is 2.10. The molecular formula is C14H21N3. The van der Waals surface area contributed by atoms with Crippen LogP contribution in [0.4, 0.5) is 11.4 Å². The van der Waals surface area contributed by atoms with Gasteiger partial charge in [-0.25, -0.2) is 0 Å². The predicted octanol–water partition coefficient (Wildman–Crippen LogP) is 2.95. The number of anilines is 2. The number of nitrogens with two attached hydrogens (primary N) is 1. The SMILES string of the molecule is Cc1cc(N)ccc1N(CCC#N)CC(C)C. The van der Waals surface area contributed by atoms with Crippen molar-refractivity contribution in [3.63, 3.8) is 0 Å². The van der Waals surface area contributed by atoms with E-state index in [1.807, 2.05) is 18.2 Å². The maximum Gasteiger partial charge on any atom is 0.0640 e. The third kappa shape index (κ3) is 3.99. The second kappa shape index (κ2) is 6.15. The molecule has 2 N–H and O–H groups in total. The van der Waals surface area contributed by atoms with Gasteiger partial charge >= 0.3 is 0 Å². The fourth-order valence-electron chi connectivity index (χ4n) is 1.97. The van der Waals surface area contributed by atoms with Crippen molar-refractivity contribution in [2.24, 2.45) is 5.92 Å². The molecule has 17 heavy (non-hydrogen) atoms. The second-order valence-corrected chi connectivity index (χ2v) is 4.79. The standard InChI is InChI=1S/C14H21N3/c1-11(2)10-17(8-4-7-15)14-6-5-13(16)9-12(14)3/h5-6,9,11H,4,8,10,16H2,1-3H3. The molecule has 3 heteroatoms. The van der Waals surface area contributed by atoms with Crippen LogP contribution in [0.3, 0.4) is 0 Å². The predicted molar refractivity (Wildman–Crippen MR) is 72.9 cm³/mol. The van der Waals surface area contributed by atoms with Crippen molar-refractivity contribution in [2.45, 2.75) is 27.2 Å². The largest absolute Gasteiger partial charge is 0.399 e. The van der Waals surface area contributed by atoms with E-state index in [4.69, 9.17) is 11.0 Å². The van der Waals surface area contributed by atoms with Gasteiger partial charge in [0, 0.05) is 24.5 Å². The summed E-state index contributed by atoms with van der Waals surface area (Å²) in [6.07, 6.45) is 0.552. The fraction of sp³-hybridized carbons (Fsp3) is 0.500. The van der Waals surface area contributed by atoms with E-state index in [0.29, 0.717) is 12.3 Å². The van der Waals surface area contributed by atoms with Crippen LogP contribution in [0, 0.1) is 24.2 Å². The lowest BCUT2D eigenvalue weighted by Gasteiger charge is -2.27. The highest BCUT2D eigenvalue weighted by Crippen LogP contribution is 2.23. The molecule has 92 valence electrons. The minimum atomic E-state index is 0.552. The van der Waals surface area contributed by atoms with Gasteiger partial charge in [0.15, 0.2) is 0 Å². The number of benzene rings is 1. The van der Waals surface area contributed by atoms with E-state index in [1.54, 1.807) is 0 Å². The molecule has 0 aliphatic heterocycles. The molecular weight excluding hydrogens is 210 g/mol. The number of nitrogen functional groups attached to an aromatic ring is 1. The average Bonchev–Trinajstić information content (AvgIpc) is 2.24. The van der Waals surface area contributed by atoms with Gasteiger partial charge in [0.1, 0.15) is 0 Å². The van der Waals surface area contributed by atoms with Crippen LogP contribution in [0.2, 0.25) is 0 Å². The smallest absolute Gasteiger partial charge is 0.0640 e. The first-order valence-corrected chi connectivity index (χ1v) is 6.02. The zero-order valence-electron chi connectivity index (χ0n) is 10.9. The molecule has 0 fully saturated rings. The van der Waals surface area contributed by atoms with E-state index in [9.17, 15) is 0 Å². The minimum Gasteiger partial charge on any atom is -0.399 e. The van der Waals surface area contributed by atoms with Crippen molar-refractivity contribution >= 4 is 11.4 Å². The molecule has 0 saturated carbocycles. The Hall–Kier alpha value is -1.69. The van der Waals surface area contributed by atoms with Crippen molar-refractivity contribution in [2.75, 3.05) is 23.7 Å². The highest BCUT2D eigenvalue weighted by molar-refractivity contribution is 5.59. The van der Waals surface area contributed by atoms with Gasteiger partial charge in [0.2, 0.25) is 0 Å². The maximum absolute atomic E-state index is 8.71. The zero-order valence-corrected chi connectivity index (χ0v) is 10.9. The Kier molecular flexibility index (Phi) is 4.84. The van der Waals surface area contributed by atoms with E-state index in [1.165, 1.54) is 11.3 Å². The van der Waals surface area contributed by atoms with Crippen LogP contribution in [0.25, 0.3) is 0 Å². The molecule has 0 aliphatic rings. The zero-order chi connectivity index (χ0) is 12.8. The summed E-state index contributed by atoms with van der Waals surface area (Å²) in [6.45, 7) is 8.18. The van der Waals surface area contributed by atoms with Gasteiger partial charge in [-0.1, -0.05) is 13.8 Å². The van der Waals surface area contributed by atoms with Gasteiger partial charge in [-0.15, -0.1) is 0 Å². The first-order valence-electron chi connectivity index (χ1n) is 6.02. The van der Waals surface area contributed by atoms with Crippen LogP contribution in [0.1, 0.15) is 25.8 Å². The summed E-state index contributed by atoms with van der Waals surface area (Å²) >= 11 is 0. The Balaban J connectivity index is 2.91. The van der Waals surface area contributed by atoms with Crippen LogP contribution in [-0.4, -0.2) is 13.1 Å². The Morgan fingerprint density at radius 2 is 2.12 bits per heavy atom. The van der Waals surface area contributed by atoms with Crippen LogP contribution in [0.5, 0.6) is 0 Å². The molecule has 3 nitrogen and oxygen atoms in total. The molecule has 0 aromatic heterocycles. The number of nitriles is 1. The molecule has 1 aromatic rings. The summed E-state index contributed by atoms with van der Waals surface area (Å²) in [6, 6.07) is 8.15. The van der Waals surface area contributed by atoms with E-state index < -0.39 is 0 Å². The van der Waals surface area contributed by atoms with E-state index in [-0.39, 0.29) is 0 Å². The number of rotatable bonds is 5. The van der Waals surface area contributed by atoms with Crippen LogP contribution in [0.15, 0.2) is 18.2 Å². The van der Waals surface area contributed by atoms with Crippen molar-refractivity contribution in [1.82, 2.24) is 0 Å². The topological polar surface area (TPSA) is 53.0 Å². The summed E-state index contributed by atoms with van der Waals surface area (Å²) in [5.74, 6) is 0.575. The lowest BCUT2D eigenvalue weighted by molar-refractivity contribution is 0.611. The number of hydrogen-bond donors (Lipinski definition) is 1. The van der Waals surface area contributed by atoms with Crippen LogP contribution < -0.4 is 10.6 Å². The summed E-state index contributed by atoms with van der Waals surface area (Å²) in [5, 5.41) is 8.71. The maximum atomic E-state index is 8.71. The summed E-state index contributed by atoms with van der Waals surface area (Å²) < 4.78 is 0. The lowest BCUT2D eigenvalue weighted by atomic mass is 10.1. The van der Waals surface area contributed by atoms with Crippen molar-refractivity contribution in [3.05, 3.63) is 23.8 Å². The second-order valence-electron chi connectivity index (χ2n) is 4.79. The van der Waals surface area contributed by atoms with E-state index >= 15 is 0 Å². The summed E-state index contributed by atoms with van der Waals surface area (Å²) in [5.41, 5.74) is 8.90. The van der Waals surface area contributed by atoms with Crippen molar-refractivity contribution in [1.29, 1.82) is 5.26 Å². The van der Waals surface area contributed by atoms with Gasteiger partial charge < -0.3 is 10.6 Å². The van der Waals surface area contributed by atoms with Crippen LogP contribution in [-0.2, 0) is 0 Å². The average molecular weight is 231 g/mol. The third-order valence-corrected chi connectivity index (χ3v) is 2.64. The molecule has 0 spiro atoms. The van der Waals surface area contributed by atoms with Crippen LogP contribution >= 0.6 is 0 Å². The van der Waals surface area contributed by atoms with Gasteiger partial charge in [-0.05, 0) is 36.6 Å². The molecule has 0 aliphatic carbocycles. The molecule has 1 aromatic carbocycles. The monoisotopic (exact) mass is 231 g/mol. The number of nitrogens with zero attached hydrogens (tertiary/aromatic N) is 2. The first kappa shape index (κ1) is 13.4. The Bertz CT molecular complexity index is 404. The summed E-state index contributed by atoms with van der Waals surface area (Å²) in [7, 11) is 0. The molecule has 0 saturated heterocycles. The Labute approximate surface area is 104 Å². The van der Waals surface area contributed by atoms with Crippen molar-refractivity contribution in [3.8, 4) is 6.07 Å². The Morgan fingerprint density at radius 1 is 1.41 bits per heavy atom. The quantitative estimate of drug-likeness (QED) is 0.793. The fourth-order valence-corrected chi connectivity index (χ4v) is 1.97. The highest BCUT2D eigenvalue weighted by atomic mass is 15.1. The molecule has 0 unspecified atom stereocenters. The normalized spacial score (nSPS) is 10.3. The van der Waals surface area contributed by atoms with E-state index in [2.05, 4.69) is 31.7 Å². The van der Waals surface area contributed by atoms with Gasteiger partial charge in [0.25, 0.3) is 0 Å². The molecule has 0 amide bonds. The molecule has 0 heterocycles. The lowest BCUT2D eigenvalue weighted by Crippen LogP contribution is -2.29. The number of hydrogen-bond acceptors (Lipinski definition) is 3. The van der Waals surface area contributed by atoms with Gasteiger partial charge in [-0.2, -0.15) is 5.26 Å². The molecule has 0 radical (unpaired) electrons. The van der Waals surface area contributed by atoms with Crippen molar-refractivity contribution < 1.29 is 0 Å². The van der Waals surface area contributed by atoms with E-state index in [0.717, 1.165) is 18.8 Å². The van der Waals surface area contributed by atoms with Gasteiger partial charge in [0.05, 0.1) is 12.5 Å². The van der Waals surface area contributed by atoms with Gasteiger partial charge in [-0.3, -0.25) is 0 Å². The minimum absolute atomic E-state index is 0.552.